The third kappa shape index (κ3) is 3.93. The maximum Gasteiger partial charge on any atom is 0.302 e. The summed E-state index contributed by atoms with van der Waals surface area (Å²) in [4.78, 5) is 23.3. The zero-order chi connectivity index (χ0) is 22.3. The van der Waals surface area contributed by atoms with E-state index in [0.29, 0.717) is 11.8 Å². The van der Waals surface area contributed by atoms with E-state index in [1.807, 2.05) is 0 Å². The quantitative estimate of drug-likeness (QED) is 0.521. The minimum atomic E-state index is -0.693. The number of allylic oxidation sites excluding steroid dienone is 1. The summed E-state index contributed by atoms with van der Waals surface area (Å²) in [5.74, 6) is 0.125. The number of aliphatic hydroxyl groups is 2. The molecule has 30 heavy (non-hydrogen) atoms. The van der Waals surface area contributed by atoms with Crippen LogP contribution in [0.4, 0.5) is 0 Å². The van der Waals surface area contributed by atoms with Gasteiger partial charge in [-0.05, 0) is 68.1 Å². The topological polar surface area (TPSA) is 93.1 Å². The Hall–Kier alpha value is -1.40. The number of ether oxygens (including phenoxy) is 2. The first-order valence-corrected chi connectivity index (χ1v) is 11.3. The van der Waals surface area contributed by atoms with Crippen LogP contribution >= 0.6 is 0 Å². The van der Waals surface area contributed by atoms with Crippen molar-refractivity contribution in [2.45, 2.75) is 85.4 Å². The van der Waals surface area contributed by atoms with E-state index in [9.17, 15) is 19.8 Å². The predicted octanol–water partition coefficient (Wildman–Crippen LogP) is 3.39. The molecule has 0 spiro atoms. The van der Waals surface area contributed by atoms with Crippen molar-refractivity contribution in [2.75, 3.05) is 13.2 Å². The van der Waals surface area contributed by atoms with Gasteiger partial charge in [-0.3, -0.25) is 9.59 Å². The molecule has 0 unspecified atom stereocenters. The number of hydrogen-bond acceptors (Lipinski definition) is 6. The van der Waals surface area contributed by atoms with E-state index in [1.54, 1.807) is 0 Å². The Bertz CT molecular complexity index is 716. The van der Waals surface area contributed by atoms with Crippen molar-refractivity contribution >= 4 is 11.9 Å². The molecular formula is C24H38O6. The molecule has 3 aliphatic carbocycles. The molecule has 2 N–H and O–H groups in total. The lowest BCUT2D eigenvalue weighted by Gasteiger charge is -2.60. The van der Waals surface area contributed by atoms with Gasteiger partial charge in [0.1, 0.15) is 12.7 Å². The highest BCUT2D eigenvalue weighted by atomic mass is 16.6. The van der Waals surface area contributed by atoms with E-state index in [-0.39, 0.29) is 42.1 Å². The maximum absolute atomic E-state index is 11.8. The van der Waals surface area contributed by atoms with Gasteiger partial charge < -0.3 is 19.7 Å². The molecule has 7 atom stereocenters. The van der Waals surface area contributed by atoms with Crippen LogP contribution in [0.25, 0.3) is 0 Å². The average molecular weight is 423 g/mol. The maximum atomic E-state index is 11.8. The molecular weight excluding hydrogens is 384 g/mol. The van der Waals surface area contributed by atoms with Gasteiger partial charge in [-0.15, -0.1) is 0 Å². The Morgan fingerprint density at radius 1 is 1.17 bits per heavy atom. The third-order valence-electron chi connectivity index (χ3n) is 8.62. The van der Waals surface area contributed by atoms with Gasteiger partial charge >= 0.3 is 11.9 Å². The molecule has 0 aromatic heterocycles. The number of esters is 2. The minimum Gasteiger partial charge on any atom is -0.465 e. The van der Waals surface area contributed by atoms with E-state index in [4.69, 9.17) is 9.47 Å². The van der Waals surface area contributed by atoms with E-state index in [0.717, 1.165) is 38.5 Å². The fraction of sp³-hybridized carbons (Fsp3) is 0.833. The second kappa shape index (κ2) is 8.27. The molecule has 0 heterocycles. The molecule has 6 nitrogen and oxygen atoms in total. The molecule has 2 saturated carbocycles. The first-order chi connectivity index (χ1) is 14.0. The largest absolute Gasteiger partial charge is 0.465 e. The fourth-order valence-electron chi connectivity index (χ4n) is 6.51. The number of carbonyl (C=O) groups is 2. The highest BCUT2D eigenvalue weighted by Crippen LogP contribution is 2.63. The van der Waals surface area contributed by atoms with E-state index < -0.39 is 11.5 Å². The summed E-state index contributed by atoms with van der Waals surface area (Å²) in [5.41, 5.74) is 0.545. The van der Waals surface area contributed by atoms with Crippen molar-refractivity contribution < 1.29 is 29.3 Å². The summed E-state index contributed by atoms with van der Waals surface area (Å²) < 4.78 is 11.2. The molecule has 0 radical (unpaired) electrons. The van der Waals surface area contributed by atoms with Crippen molar-refractivity contribution in [3.8, 4) is 0 Å². The molecule has 0 saturated heterocycles. The van der Waals surface area contributed by atoms with Gasteiger partial charge in [0.15, 0.2) is 0 Å². The van der Waals surface area contributed by atoms with Crippen molar-refractivity contribution in [2.24, 2.45) is 28.1 Å². The van der Waals surface area contributed by atoms with Gasteiger partial charge in [0.2, 0.25) is 0 Å². The summed E-state index contributed by atoms with van der Waals surface area (Å²) in [6, 6.07) is 0. The van der Waals surface area contributed by atoms with Gasteiger partial charge in [-0.25, -0.2) is 0 Å². The van der Waals surface area contributed by atoms with Crippen LogP contribution < -0.4 is 0 Å². The lowest BCUT2D eigenvalue weighted by molar-refractivity contribution is -0.164. The highest BCUT2D eigenvalue weighted by molar-refractivity contribution is 5.67. The molecule has 170 valence electrons. The lowest BCUT2D eigenvalue weighted by Crippen LogP contribution is -2.55. The Balaban J connectivity index is 1.93. The molecule has 0 aromatic carbocycles. The zero-order valence-electron chi connectivity index (χ0n) is 19.1. The number of carbonyl (C=O) groups excluding carboxylic acids is 2. The van der Waals surface area contributed by atoms with Gasteiger partial charge in [0, 0.05) is 13.8 Å². The standard InChI is InChI=1S/C24H38O6/c1-15(26)29-14-24(5)19-7-6-17-12-22(3,20(28)13-25)10-11-23(17,4)18(19)8-9-21(24)30-16(2)27/h7,17-18,20-21,25,28H,6,8-14H2,1-5H3/t17-,18-,20-,21+,22-,23-,24-/m0/s1. The third-order valence-corrected chi connectivity index (χ3v) is 8.62. The minimum absolute atomic E-state index is 0.0808. The van der Waals surface area contributed by atoms with E-state index >= 15 is 0 Å². The van der Waals surface area contributed by atoms with Crippen LogP contribution in [0.5, 0.6) is 0 Å². The van der Waals surface area contributed by atoms with E-state index in [1.165, 1.54) is 19.4 Å². The van der Waals surface area contributed by atoms with Crippen LogP contribution in [0, 0.1) is 28.1 Å². The first-order valence-electron chi connectivity index (χ1n) is 11.3. The van der Waals surface area contributed by atoms with Crippen molar-refractivity contribution in [3.05, 3.63) is 11.6 Å². The summed E-state index contributed by atoms with van der Waals surface area (Å²) in [7, 11) is 0. The summed E-state index contributed by atoms with van der Waals surface area (Å²) in [6.07, 6.45) is 6.60. The fourth-order valence-corrected chi connectivity index (χ4v) is 6.51. The van der Waals surface area contributed by atoms with E-state index in [2.05, 4.69) is 26.8 Å². The number of fused-ring (bicyclic) bond motifs is 3. The van der Waals surface area contributed by atoms with Gasteiger partial charge in [-0.2, -0.15) is 0 Å². The van der Waals surface area contributed by atoms with Crippen molar-refractivity contribution in [1.29, 1.82) is 0 Å². The zero-order valence-corrected chi connectivity index (χ0v) is 19.1. The summed E-state index contributed by atoms with van der Waals surface area (Å²) in [5, 5.41) is 19.9. The monoisotopic (exact) mass is 422 g/mol. The van der Waals surface area contributed by atoms with Crippen molar-refractivity contribution in [3.63, 3.8) is 0 Å². The molecule has 3 rings (SSSR count). The molecule has 0 aliphatic heterocycles. The molecule has 0 aromatic rings. The summed E-state index contributed by atoms with van der Waals surface area (Å²) >= 11 is 0. The Morgan fingerprint density at radius 2 is 1.87 bits per heavy atom. The van der Waals surface area contributed by atoms with Crippen molar-refractivity contribution in [1.82, 2.24) is 0 Å². The first kappa shape index (κ1) is 23.3. The molecule has 2 fully saturated rings. The smallest absolute Gasteiger partial charge is 0.302 e. The Kier molecular flexibility index (Phi) is 6.41. The predicted molar refractivity (Wildman–Crippen MR) is 112 cm³/mol. The number of rotatable bonds is 5. The second-order valence-electron chi connectivity index (χ2n) is 10.6. The van der Waals surface area contributed by atoms with Crippen LogP contribution in [-0.4, -0.2) is 47.6 Å². The second-order valence-corrected chi connectivity index (χ2v) is 10.6. The van der Waals surface area contributed by atoms with Crippen LogP contribution in [0.1, 0.15) is 73.1 Å². The molecule has 3 aliphatic rings. The molecule has 0 amide bonds. The van der Waals surface area contributed by atoms with Gasteiger partial charge in [0.05, 0.1) is 18.1 Å². The van der Waals surface area contributed by atoms with Gasteiger partial charge in [-0.1, -0.05) is 25.5 Å². The Morgan fingerprint density at radius 3 is 2.47 bits per heavy atom. The molecule has 0 bridgehead atoms. The summed E-state index contributed by atoms with van der Waals surface area (Å²) in [6.45, 7) is 9.37. The lowest BCUT2D eigenvalue weighted by atomic mass is 9.46. The number of hydrogen-bond donors (Lipinski definition) is 2. The Labute approximate surface area is 180 Å². The number of aliphatic hydroxyl groups excluding tert-OH is 2. The van der Waals surface area contributed by atoms with Gasteiger partial charge in [0.25, 0.3) is 0 Å². The molecule has 6 heteroatoms. The van der Waals surface area contributed by atoms with Crippen LogP contribution in [0.2, 0.25) is 0 Å². The van der Waals surface area contributed by atoms with Crippen LogP contribution in [0.3, 0.4) is 0 Å². The highest BCUT2D eigenvalue weighted by Gasteiger charge is 2.58. The average Bonchev–Trinajstić information content (AvgIpc) is 2.68. The SMILES string of the molecule is CC(=O)OC[C@@]1(C)C2=CC[C@H]3C[C@@](C)([C@@H](O)CO)CC[C@]3(C)[C@H]2CC[C@H]1OC(C)=O. The van der Waals surface area contributed by atoms with Crippen LogP contribution in [-0.2, 0) is 19.1 Å². The normalized spacial score (nSPS) is 41.7. The van der Waals surface area contributed by atoms with Crippen LogP contribution in [0.15, 0.2) is 11.6 Å².